The van der Waals surface area contributed by atoms with E-state index >= 15 is 0 Å². The van der Waals surface area contributed by atoms with Crippen LogP contribution in [0.1, 0.15) is 26.3 Å². The van der Waals surface area contributed by atoms with Crippen LogP contribution >= 0.6 is 11.3 Å². The minimum absolute atomic E-state index is 0.243. The largest absolute Gasteiger partial charge is 0.452 e. The van der Waals surface area contributed by atoms with Crippen LogP contribution in [0.3, 0.4) is 0 Å². The molecule has 0 unspecified atom stereocenters. The van der Waals surface area contributed by atoms with Crippen LogP contribution in [-0.4, -0.2) is 24.8 Å². The van der Waals surface area contributed by atoms with Gasteiger partial charge in [0.15, 0.2) is 6.61 Å². The number of nitrogens with one attached hydrogen (secondary N) is 1. The van der Waals surface area contributed by atoms with Crippen molar-refractivity contribution in [3.63, 3.8) is 0 Å². The zero-order valence-electron chi connectivity index (χ0n) is 11.2. The van der Waals surface area contributed by atoms with E-state index in [1.54, 1.807) is 11.4 Å². The van der Waals surface area contributed by atoms with Crippen molar-refractivity contribution in [2.75, 3.05) is 11.9 Å². The molecule has 1 heterocycles. The fourth-order valence-electron chi connectivity index (χ4n) is 1.57. The predicted molar refractivity (Wildman–Crippen MR) is 79.8 cm³/mol. The Kier molecular flexibility index (Phi) is 5.01. The van der Waals surface area contributed by atoms with E-state index in [9.17, 15) is 14.4 Å². The number of nitrogens with zero attached hydrogens (tertiary/aromatic N) is 1. The molecule has 0 radical (unpaired) electrons. The van der Waals surface area contributed by atoms with E-state index in [1.807, 2.05) is 6.07 Å². The summed E-state index contributed by atoms with van der Waals surface area (Å²) in [7, 11) is 0. The van der Waals surface area contributed by atoms with E-state index in [-0.39, 0.29) is 5.56 Å². The first-order valence-corrected chi connectivity index (χ1v) is 7.02. The number of thiophene rings is 1. The Morgan fingerprint density at radius 3 is 2.64 bits per heavy atom. The molecule has 0 aliphatic rings. The van der Waals surface area contributed by atoms with Crippen LogP contribution in [0.5, 0.6) is 0 Å². The van der Waals surface area contributed by atoms with E-state index in [0.29, 0.717) is 22.4 Å². The Bertz CT molecular complexity index is 744. The third-order valence-corrected chi connectivity index (χ3v) is 3.49. The molecule has 0 spiro atoms. The van der Waals surface area contributed by atoms with Crippen LogP contribution in [0.25, 0.3) is 0 Å². The van der Waals surface area contributed by atoms with Crippen molar-refractivity contribution in [3.05, 3.63) is 52.4 Å². The van der Waals surface area contributed by atoms with Crippen LogP contribution in [0, 0.1) is 11.3 Å². The number of carbonyl (C=O) groups is 3. The van der Waals surface area contributed by atoms with Crippen LogP contribution in [0.2, 0.25) is 0 Å². The zero-order valence-corrected chi connectivity index (χ0v) is 12.1. The molecule has 2 rings (SSSR count). The molecule has 1 aromatic carbocycles. The molecular formula is C15H10N2O4S. The van der Waals surface area contributed by atoms with Crippen molar-refractivity contribution in [3.8, 4) is 6.07 Å². The summed E-state index contributed by atoms with van der Waals surface area (Å²) >= 11 is 1.21. The number of carbonyl (C=O) groups excluding carboxylic acids is 3. The summed E-state index contributed by atoms with van der Waals surface area (Å²) < 4.78 is 4.87. The Morgan fingerprint density at radius 1 is 1.27 bits per heavy atom. The van der Waals surface area contributed by atoms with Gasteiger partial charge in [0, 0.05) is 5.56 Å². The van der Waals surface area contributed by atoms with Gasteiger partial charge >= 0.3 is 5.97 Å². The van der Waals surface area contributed by atoms with Gasteiger partial charge in [0.25, 0.3) is 5.91 Å². The van der Waals surface area contributed by atoms with Gasteiger partial charge in [-0.2, -0.15) is 5.26 Å². The second-order valence-corrected chi connectivity index (χ2v) is 5.06. The maximum atomic E-state index is 11.7. The van der Waals surface area contributed by atoms with Gasteiger partial charge < -0.3 is 10.1 Å². The molecule has 0 bridgehead atoms. The molecule has 1 amide bonds. The van der Waals surface area contributed by atoms with Gasteiger partial charge in [0.2, 0.25) is 0 Å². The van der Waals surface area contributed by atoms with Crippen molar-refractivity contribution >= 4 is 34.5 Å². The first-order chi connectivity index (χ1) is 10.6. The van der Waals surface area contributed by atoms with E-state index in [1.165, 1.54) is 35.6 Å². The van der Waals surface area contributed by atoms with Gasteiger partial charge in [-0.15, -0.1) is 11.3 Å². The summed E-state index contributed by atoms with van der Waals surface area (Å²) in [5.74, 6) is -1.20. The summed E-state index contributed by atoms with van der Waals surface area (Å²) in [5, 5.41) is 13.4. The SMILES string of the molecule is N#Cc1ccsc1NC(=O)COC(=O)c1ccc(C=O)cc1. The molecule has 1 N–H and O–H groups in total. The number of ether oxygens (including phenoxy) is 1. The highest BCUT2D eigenvalue weighted by atomic mass is 32.1. The van der Waals surface area contributed by atoms with Crippen molar-refractivity contribution in [2.45, 2.75) is 0 Å². The van der Waals surface area contributed by atoms with E-state index < -0.39 is 18.5 Å². The van der Waals surface area contributed by atoms with Crippen molar-refractivity contribution < 1.29 is 19.1 Å². The number of benzene rings is 1. The summed E-state index contributed by atoms with van der Waals surface area (Å²) in [5.41, 5.74) is 1.04. The number of amides is 1. The fourth-order valence-corrected chi connectivity index (χ4v) is 2.32. The number of rotatable bonds is 5. The summed E-state index contributed by atoms with van der Waals surface area (Å²) in [6.07, 6.45) is 0.663. The van der Waals surface area contributed by atoms with Gasteiger partial charge in [-0.05, 0) is 23.6 Å². The molecule has 0 saturated carbocycles. The topological polar surface area (TPSA) is 96.3 Å². The average Bonchev–Trinajstić information content (AvgIpc) is 2.99. The molecule has 0 atom stereocenters. The van der Waals surface area contributed by atoms with Crippen LogP contribution < -0.4 is 5.32 Å². The summed E-state index contributed by atoms with van der Waals surface area (Å²) in [4.78, 5) is 33.9. The highest BCUT2D eigenvalue weighted by Gasteiger charge is 2.12. The Labute approximate surface area is 129 Å². The smallest absolute Gasteiger partial charge is 0.338 e. The second kappa shape index (κ2) is 7.15. The van der Waals surface area contributed by atoms with Crippen LogP contribution in [0.4, 0.5) is 5.00 Å². The van der Waals surface area contributed by atoms with Gasteiger partial charge in [-0.25, -0.2) is 4.79 Å². The minimum Gasteiger partial charge on any atom is -0.452 e. The molecule has 22 heavy (non-hydrogen) atoms. The van der Waals surface area contributed by atoms with Crippen molar-refractivity contribution in [1.29, 1.82) is 5.26 Å². The van der Waals surface area contributed by atoms with Crippen molar-refractivity contribution in [2.24, 2.45) is 0 Å². The normalized spacial score (nSPS) is 9.59. The zero-order chi connectivity index (χ0) is 15.9. The molecule has 0 aliphatic carbocycles. The quantitative estimate of drug-likeness (QED) is 0.674. The third kappa shape index (κ3) is 3.77. The van der Waals surface area contributed by atoms with Crippen molar-refractivity contribution in [1.82, 2.24) is 0 Å². The Balaban J connectivity index is 1.89. The molecule has 1 aromatic heterocycles. The number of aldehydes is 1. The lowest BCUT2D eigenvalue weighted by molar-refractivity contribution is -0.119. The average molecular weight is 314 g/mol. The first-order valence-electron chi connectivity index (χ1n) is 6.14. The van der Waals surface area contributed by atoms with Crippen LogP contribution in [0.15, 0.2) is 35.7 Å². The number of hydrogen-bond donors (Lipinski definition) is 1. The van der Waals surface area contributed by atoms with E-state index in [4.69, 9.17) is 10.00 Å². The fraction of sp³-hybridized carbons (Fsp3) is 0.0667. The molecule has 7 heteroatoms. The molecule has 2 aromatic rings. The monoisotopic (exact) mass is 314 g/mol. The maximum Gasteiger partial charge on any atom is 0.338 e. The lowest BCUT2D eigenvalue weighted by Crippen LogP contribution is -2.20. The molecule has 0 fully saturated rings. The number of nitriles is 1. The maximum absolute atomic E-state index is 11.7. The van der Waals surface area contributed by atoms with Gasteiger partial charge in [0.05, 0.1) is 11.1 Å². The second-order valence-electron chi connectivity index (χ2n) is 4.14. The number of esters is 1. The molecular weight excluding hydrogens is 304 g/mol. The molecule has 110 valence electrons. The van der Waals surface area contributed by atoms with Gasteiger partial charge in [0.1, 0.15) is 17.4 Å². The highest BCUT2D eigenvalue weighted by Crippen LogP contribution is 2.21. The summed E-state index contributed by atoms with van der Waals surface area (Å²) in [6.45, 7) is -0.461. The first kappa shape index (κ1) is 15.4. The Morgan fingerprint density at radius 2 is 2.00 bits per heavy atom. The number of anilines is 1. The van der Waals surface area contributed by atoms with Gasteiger partial charge in [-0.3, -0.25) is 9.59 Å². The molecule has 0 saturated heterocycles. The minimum atomic E-state index is -0.667. The number of hydrogen-bond acceptors (Lipinski definition) is 6. The molecule has 6 nitrogen and oxygen atoms in total. The Hall–Kier alpha value is -2.98. The molecule has 0 aliphatic heterocycles. The standard InChI is InChI=1S/C15H10N2O4S/c16-7-12-5-6-22-14(12)17-13(19)9-21-15(20)11-3-1-10(8-18)2-4-11/h1-6,8H,9H2,(H,17,19). The lowest BCUT2D eigenvalue weighted by Gasteiger charge is -2.05. The highest BCUT2D eigenvalue weighted by molar-refractivity contribution is 7.14. The van der Waals surface area contributed by atoms with Gasteiger partial charge in [-0.1, -0.05) is 12.1 Å². The van der Waals surface area contributed by atoms with E-state index in [0.717, 1.165) is 0 Å². The van der Waals surface area contributed by atoms with Crippen LogP contribution in [-0.2, 0) is 9.53 Å². The summed E-state index contributed by atoms with van der Waals surface area (Å²) in [6, 6.07) is 9.37. The lowest BCUT2D eigenvalue weighted by atomic mass is 10.1. The third-order valence-electron chi connectivity index (χ3n) is 2.66. The van der Waals surface area contributed by atoms with E-state index in [2.05, 4.69) is 5.32 Å². The predicted octanol–water partition coefficient (Wildman–Crippen LogP) is 2.23.